The molecule has 1 aromatic heterocycles. The third-order valence-electron chi connectivity index (χ3n) is 5.41. The predicted molar refractivity (Wildman–Crippen MR) is 121 cm³/mol. The molecule has 3 aromatic rings. The van der Waals surface area contributed by atoms with Gasteiger partial charge in [-0.25, -0.2) is 4.98 Å². The summed E-state index contributed by atoms with van der Waals surface area (Å²) in [5, 5.41) is 3.99. The quantitative estimate of drug-likeness (QED) is 0.641. The van der Waals surface area contributed by atoms with Crippen LogP contribution >= 0.6 is 15.9 Å². The zero-order valence-corrected chi connectivity index (χ0v) is 18.2. The standard InChI is InChI=1S/C23H25BrN4O/c1-27-12-14-28(15-13-27)11-10-25-23(29)20-16-22(17-6-8-18(24)9-7-17)26-21-5-3-2-4-19(20)21/h2-9,16H,10-15H2,1H3,(H,25,29). The van der Waals surface area contributed by atoms with E-state index in [1.54, 1.807) is 0 Å². The van der Waals surface area contributed by atoms with Gasteiger partial charge in [-0.15, -0.1) is 0 Å². The Morgan fingerprint density at radius 2 is 1.79 bits per heavy atom. The Morgan fingerprint density at radius 3 is 2.55 bits per heavy atom. The van der Waals surface area contributed by atoms with E-state index in [9.17, 15) is 4.79 Å². The molecule has 0 radical (unpaired) electrons. The first-order chi connectivity index (χ1) is 14.1. The van der Waals surface area contributed by atoms with Gasteiger partial charge in [-0.05, 0) is 31.3 Å². The summed E-state index contributed by atoms with van der Waals surface area (Å²) in [6.45, 7) is 5.80. The first-order valence-electron chi connectivity index (χ1n) is 9.95. The number of fused-ring (bicyclic) bond motifs is 1. The van der Waals surface area contributed by atoms with Crippen molar-refractivity contribution in [3.05, 3.63) is 64.6 Å². The van der Waals surface area contributed by atoms with Gasteiger partial charge in [-0.1, -0.05) is 46.3 Å². The first kappa shape index (κ1) is 20.0. The number of nitrogens with one attached hydrogen (secondary N) is 1. The minimum absolute atomic E-state index is 0.0453. The van der Waals surface area contributed by atoms with Crippen molar-refractivity contribution >= 4 is 32.7 Å². The number of pyridine rings is 1. The highest BCUT2D eigenvalue weighted by molar-refractivity contribution is 9.10. The van der Waals surface area contributed by atoms with Crippen molar-refractivity contribution < 1.29 is 4.79 Å². The molecule has 0 saturated carbocycles. The molecule has 29 heavy (non-hydrogen) atoms. The summed E-state index contributed by atoms with van der Waals surface area (Å²) in [6.07, 6.45) is 0. The summed E-state index contributed by atoms with van der Waals surface area (Å²) in [5.74, 6) is -0.0453. The van der Waals surface area contributed by atoms with E-state index in [2.05, 4.69) is 38.1 Å². The molecule has 0 unspecified atom stereocenters. The summed E-state index contributed by atoms with van der Waals surface area (Å²) >= 11 is 3.47. The molecule has 6 heteroatoms. The number of benzene rings is 2. The van der Waals surface area contributed by atoms with E-state index < -0.39 is 0 Å². The number of amides is 1. The Morgan fingerprint density at radius 1 is 1.07 bits per heavy atom. The van der Waals surface area contributed by atoms with Crippen LogP contribution in [0, 0.1) is 0 Å². The number of likely N-dealkylation sites (N-methyl/N-ethyl adjacent to an activating group) is 1. The third kappa shape index (κ3) is 4.83. The summed E-state index contributed by atoms with van der Waals surface area (Å²) in [4.78, 5) is 22.5. The van der Waals surface area contributed by atoms with Crippen molar-refractivity contribution in [1.29, 1.82) is 0 Å². The van der Waals surface area contributed by atoms with Gasteiger partial charge in [0, 0.05) is 54.7 Å². The normalized spacial score (nSPS) is 15.5. The second-order valence-electron chi connectivity index (χ2n) is 7.48. The molecule has 1 fully saturated rings. The van der Waals surface area contributed by atoms with Gasteiger partial charge < -0.3 is 10.2 Å². The largest absolute Gasteiger partial charge is 0.351 e. The number of hydrogen-bond donors (Lipinski definition) is 1. The lowest BCUT2D eigenvalue weighted by molar-refractivity contribution is 0.0942. The number of hydrogen-bond acceptors (Lipinski definition) is 4. The Labute approximate surface area is 179 Å². The number of halogens is 1. The fraction of sp³-hybridized carbons (Fsp3) is 0.304. The lowest BCUT2D eigenvalue weighted by atomic mass is 10.0. The Hall–Kier alpha value is -2.28. The summed E-state index contributed by atoms with van der Waals surface area (Å²) in [5.41, 5.74) is 3.30. The molecule has 2 aromatic carbocycles. The van der Waals surface area contributed by atoms with E-state index in [1.165, 1.54) is 0 Å². The molecular formula is C23H25BrN4O. The van der Waals surface area contributed by atoms with Crippen LogP contribution in [-0.2, 0) is 0 Å². The maximum absolute atomic E-state index is 13.0. The second kappa shape index (κ2) is 9.03. The highest BCUT2D eigenvalue weighted by Crippen LogP contribution is 2.26. The van der Waals surface area contributed by atoms with Crippen LogP contribution in [-0.4, -0.2) is 67.0 Å². The van der Waals surface area contributed by atoms with Crippen molar-refractivity contribution in [2.24, 2.45) is 0 Å². The lowest BCUT2D eigenvalue weighted by Crippen LogP contribution is -2.46. The van der Waals surface area contributed by atoms with Crippen LogP contribution in [0.3, 0.4) is 0 Å². The van der Waals surface area contributed by atoms with E-state index in [1.807, 2.05) is 54.6 Å². The molecule has 1 aliphatic heterocycles. The minimum atomic E-state index is -0.0453. The molecule has 0 atom stereocenters. The fourth-order valence-corrected chi connectivity index (χ4v) is 3.89. The highest BCUT2D eigenvalue weighted by atomic mass is 79.9. The monoisotopic (exact) mass is 452 g/mol. The van der Waals surface area contributed by atoms with Gasteiger partial charge >= 0.3 is 0 Å². The van der Waals surface area contributed by atoms with E-state index in [0.29, 0.717) is 12.1 Å². The maximum atomic E-state index is 13.0. The molecule has 5 nitrogen and oxygen atoms in total. The van der Waals surface area contributed by atoms with Gasteiger partial charge in [0.25, 0.3) is 5.91 Å². The van der Waals surface area contributed by atoms with Crippen molar-refractivity contribution in [3.63, 3.8) is 0 Å². The Balaban J connectivity index is 1.53. The third-order valence-corrected chi connectivity index (χ3v) is 5.94. The van der Waals surface area contributed by atoms with E-state index >= 15 is 0 Å². The second-order valence-corrected chi connectivity index (χ2v) is 8.40. The number of nitrogens with zero attached hydrogens (tertiary/aromatic N) is 3. The van der Waals surface area contributed by atoms with Gasteiger partial charge in [0.1, 0.15) is 0 Å². The summed E-state index contributed by atoms with van der Waals surface area (Å²) < 4.78 is 1.02. The number of carbonyl (C=O) groups is 1. The van der Waals surface area contributed by atoms with Gasteiger partial charge in [0.2, 0.25) is 0 Å². The smallest absolute Gasteiger partial charge is 0.252 e. The highest BCUT2D eigenvalue weighted by Gasteiger charge is 2.16. The van der Waals surface area contributed by atoms with Crippen LogP contribution in [0.25, 0.3) is 22.2 Å². The van der Waals surface area contributed by atoms with Crippen LogP contribution in [0.2, 0.25) is 0 Å². The van der Waals surface area contributed by atoms with Crippen molar-refractivity contribution in [2.45, 2.75) is 0 Å². The molecule has 0 aliphatic carbocycles. The Kier molecular flexibility index (Phi) is 6.23. The number of para-hydroxylation sites is 1. The average Bonchev–Trinajstić information content (AvgIpc) is 2.75. The molecule has 0 spiro atoms. The van der Waals surface area contributed by atoms with E-state index in [-0.39, 0.29) is 5.91 Å². The average molecular weight is 453 g/mol. The summed E-state index contributed by atoms with van der Waals surface area (Å²) in [7, 11) is 2.15. The molecule has 0 bridgehead atoms. The van der Waals surface area contributed by atoms with Crippen LogP contribution < -0.4 is 5.32 Å². The van der Waals surface area contributed by atoms with E-state index in [4.69, 9.17) is 4.98 Å². The number of piperazine rings is 1. The van der Waals surface area contributed by atoms with E-state index in [0.717, 1.165) is 59.4 Å². The zero-order valence-electron chi connectivity index (χ0n) is 16.6. The number of carbonyl (C=O) groups excluding carboxylic acids is 1. The van der Waals surface area contributed by atoms with Gasteiger partial charge in [0.05, 0.1) is 16.8 Å². The van der Waals surface area contributed by atoms with Crippen molar-refractivity contribution in [2.75, 3.05) is 46.3 Å². The summed E-state index contributed by atoms with van der Waals surface area (Å²) in [6, 6.07) is 17.7. The molecule has 1 saturated heterocycles. The topological polar surface area (TPSA) is 48.5 Å². The lowest BCUT2D eigenvalue weighted by Gasteiger charge is -2.32. The van der Waals surface area contributed by atoms with Gasteiger partial charge in [0.15, 0.2) is 0 Å². The minimum Gasteiger partial charge on any atom is -0.351 e. The van der Waals surface area contributed by atoms with Crippen LogP contribution in [0.4, 0.5) is 0 Å². The number of rotatable bonds is 5. The molecule has 1 aliphatic rings. The fourth-order valence-electron chi connectivity index (χ4n) is 3.63. The molecule has 1 N–H and O–H groups in total. The molecule has 150 valence electrons. The SMILES string of the molecule is CN1CCN(CCNC(=O)c2cc(-c3ccc(Br)cc3)nc3ccccc23)CC1. The van der Waals surface area contributed by atoms with Crippen LogP contribution in [0.1, 0.15) is 10.4 Å². The molecular weight excluding hydrogens is 428 g/mol. The zero-order chi connectivity index (χ0) is 20.2. The van der Waals surface area contributed by atoms with Crippen LogP contribution in [0.5, 0.6) is 0 Å². The van der Waals surface area contributed by atoms with Crippen LogP contribution in [0.15, 0.2) is 59.1 Å². The van der Waals surface area contributed by atoms with Crippen molar-refractivity contribution in [1.82, 2.24) is 20.1 Å². The number of aromatic nitrogens is 1. The van der Waals surface area contributed by atoms with Crippen molar-refractivity contribution in [3.8, 4) is 11.3 Å². The Bertz CT molecular complexity index is 997. The van der Waals surface area contributed by atoms with Gasteiger partial charge in [-0.3, -0.25) is 9.69 Å². The molecule has 2 heterocycles. The predicted octanol–water partition coefficient (Wildman–Crippen LogP) is 3.64. The molecule has 4 rings (SSSR count). The first-order valence-corrected chi connectivity index (χ1v) is 10.7. The molecule has 1 amide bonds. The van der Waals surface area contributed by atoms with Gasteiger partial charge in [-0.2, -0.15) is 0 Å². The maximum Gasteiger partial charge on any atom is 0.252 e.